The van der Waals surface area contributed by atoms with E-state index >= 15 is 0 Å². The predicted molar refractivity (Wildman–Crippen MR) is 44.4 cm³/mol. The molecule has 0 fully saturated rings. The van der Waals surface area contributed by atoms with Crippen LogP contribution in [-0.4, -0.2) is 24.9 Å². The molecule has 0 aliphatic heterocycles. The third kappa shape index (κ3) is 3.35. The van der Waals surface area contributed by atoms with Gasteiger partial charge in [0.25, 0.3) is 0 Å². The molecule has 0 aromatic heterocycles. The van der Waals surface area contributed by atoms with E-state index in [-0.39, 0.29) is 6.61 Å². The lowest BCUT2D eigenvalue weighted by Gasteiger charge is -2.07. The molecule has 1 rings (SSSR count). The number of ether oxygens (including phenoxy) is 1. The summed E-state index contributed by atoms with van der Waals surface area (Å²) in [7, 11) is 0. The number of allylic oxidation sites excluding steroid dienone is 3. The Morgan fingerprint density at radius 2 is 2.36 bits per heavy atom. The maximum absolute atomic E-state index is 8.44. The zero-order valence-electron chi connectivity index (χ0n) is 6.62. The summed E-state index contributed by atoms with van der Waals surface area (Å²) >= 11 is 0. The van der Waals surface area contributed by atoms with Crippen LogP contribution in [0.2, 0.25) is 0 Å². The molecule has 0 spiro atoms. The first-order chi connectivity index (χ1) is 5.43. The fourth-order valence-corrected chi connectivity index (χ4v) is 1.03. The Morgan fingerprint density at radius 1 is 1.45 bits per heavy atom. The van der Waals surface area contributed by atoms with Gasteiger partial charge >= 0.3 is 0 Å². The number of hydrogen-bond acceptors (Lipinski definition) is 2. The molecule has 0 heterocycles. The lowest BCUT2D eigenvalue weighted by atomic mass is 10.1. The number of rotatable bonds is 4. The second-order valence-electron chi connectivity index (χ2n) is 2.55. The highest BCUT2D eigenvalue weighted by atomic mass is 16.5. The van der Waals surface area contributed by atoms with E-state index in [1.54, 1.807) is 0 Å². The summed E-state index contributed by atoms with van der Waals surface area (Å²) in [5, 5.41) is 8.44. The Morgan fingerprint density at radius 3 is 3.00 bits per heavy atom. The molecule has 0 amide bonds. The fourth-order valence-electron chi connectivity index (χ4n) is 1.03. The number of aliphatic hydroxyl groups is 1. The molecule has 0 unspecified atom stereocenters. The van der Waals surface area contributed by atoms with Gasteiger partial charge in [-0.05, 0) is 18.4 Å². The Hall–Kier alpha value is -0.600. The fraction of sp³-hybridized carbons (Fsp3) is 0.556. The van der Waals surface area contributed by atoms with Gasteiger partial charge in [0.2, 0.25) is 0 Å². The minimum atomic E-state index is 0.114. The Labute approximate surface area is 67.2 Å². The average molecular weight is 154 g/mol. The van der Waals surface area contributed by atoms with Crippen molar-refractivity contribution in [2.75, 3.05) is 19.8 Å². The van der Waals surface area contributed by atoms with Gasteiger partial charge in [-0.1, -0.05) is 18.2 Å². The largest absolute Gasteiger partial charge is 0.394 e. The summed E-state index contributed by atoms with van der Waals surface area (Å²) in [6.07, 6.45) is 8.51. The van der Waals surface area contributed by atoms with Crippen LogP contribution in [0.5, 0.6) is 0 Å². The van der Waals surface area contributed by atoms with Crippen LogP contribution in [0.25, 0.3) is 0 Å². The van der Waals surface area contributed by atoms with Crippen LogP contribution in [0, 0.1) is 0 Å². The predicted octanol–water partition coefficient (Wildman–Crippen LogP) is 1.27. The summed E-state index contributed by atoms with van der Waals surface area (Å²) in [6.45, 7) is 1.23. The highest BCUT2D eigenvalue weighted by molar-refractivity contribution is 5.14. The van der Waals surface area contributed by atoms with E-state index in [1.807, 2.05) is 0 Å². The lowest BCUT2D eigenvalue weighted by molar-refractivity contribution is 0.107. The van der Waals surface area contributed by atoms with E-state index < -0.39 is 0 Å². The Kier molecular flexibility index (Phi) is 3.94. The van der Waals surface area contributed by atoms with Crippen LogP contribution in [0.3, 0.4) is 0 Å². The van der Waals surface area contributed by atoms with Crippen LogP contribution < -0.4 is 0 Å². The maximum Gasteiger partial charge on any atom is 0.0702 e. The van der Waals surface area contributed by atoms with E-state index in [4.69, 9.17) is 9.84 Å². The molecule has 2 nitrogen and oxygen atoms in total. The van der Waals surface area contributed by atoms with Gasteiger partial charge in [0.05, 0.1) is 19.8 Å². The summed E-state index contributed by atoms with van der Waals surface area (Å²) in [5.74, 6) is 0. The zero-order chi connectivity index (χ0) is 7.94. The SMILES string of the molecule is OCCOCC1=CCC=CC1. The molecule has 62 valence electrons. The first kappa shape index (κ1) is 8.50. The van der Waals surface area contributed by atoms with Crippen molar-refractivity contribution >= 4 is 0 Å². The molecular weight excluding hydrogens is 140 g/mol. The van der Waals surface area contributed by atoms with Gasteiger partial charge in [-0.3, -0.25) is 0 Å². The van der Waals surface area contributed by atoms with Crippen molar-refractivity contribution in [1.82, 2.24) is 0 Å². The zero-order valence-corrected chi connectivity index (χ0v) is 6.62. The molecule has 1 N–H and O–H groups in total. The molecule has 1 aliphatic carbocycles. The molecule has 0 saturated heterocycles. The smallest absolute Gasteiger partial charge is 0.0702 e. The van der Waals surface area contributed by atoms with Crippen molar-refractivity contribution in [2.24, 2.45) is 0 Å². The molecule has 0 atom stereocenters. The lowest BCUT2D eigenvalue weighted by Crippen LogP contribution is -2.03. The summed E-state index contributed by atoms with van der Waals surface area (Å²) in [4.78, 5) is 0. The Balaban J connectivity index is 2.11. The van der Waals surface area contributed by atoms with Gasteiger partial charge in [-0.15, -0.1) is 0 Å². The van der Waals surface area contributed by atoms with Crippen LogP contribution in [-0.2, 0) is 4.74 Å². The molecule has 0 saturated carbocycles. The standard InChI is InChI=1S/C9H14O2/c10-6-7-11-8-9-4-2-1-3-5-9/h1-2,5,10H,3-4,6-8H2. The Bertz CT molecular complexity index is 159. The summed E-state index contributed by atoms with van der Waals surface area (Å²) in [5.41, 5.74) is 1.32. The normalized spacial score (nSPS) is 16.6. The van der Waals surface area contributed by atoms with Crippen molar-refractivity contribution in [3.63, 3.8) is 0 Å². The van der Waals surface area contributed by atoms with Gasteiger partial charge in [0, 0.05) is 0 Å². The summed E-state index contributed by atoms with van der Waals surface area (Å²) in [6, 6.07) is 0. The number of hydrogen-bond donors (Lipinski definition) is 1. The van der Waals surface area contributed by atoms with Gasteiger partial charge in [0.1, 0.15) is 0 Å². The van der Waals surface area contributed by atoms with Gasteiger partial charge in [0.15, 0.2) is 0 Å². The molecule has 2 heteroatoms. The minimum Gasteiger partial charge on any atom is -0.394 e. The molecule has 11 heavy (non-hydrogen) atoms. The first-order valence-corrected chi connectivity index (χ1v) is 3.95. The second-order valence-corrected chi connectivity index (χ2v) is 2.55. The van der Waals surface area contributed by atoms with Gasteiger partial charge in [-0.25, -0.2) is 0 Å². The van der Waals surface area contributed by atoms with Crippen LogP contribution in [0.1, 0.15) is 12.8 Å². The molecular formula is C9H14O2. The molecule has 0 aromatic carbocycles. The van der Waals surface area contributed by atoms with Crippen molar-refractivity contribution in [1.29, 1.82) is 0 Å². The van der Waals surface area contributed by atoms with E-state index in [0.29, 0.717) is 13.2 Å². The van der Waals surface area contributed by atoms with E-state index in [0.717, 1.165) is 12.8 Å². The topological polar surface area (TPSA) is 29.5 Å². The molecule has 0 aromatic rings. The second kappa shape index (κ2) is 5.10. The third-order valence-corrected chi connectivity index (χ3v) is 1.61. The first-order valence-electron chi connectivity index (χ1n) is 3.95. The monoisotopic (exact) mass is 154 g/mol. The van der Waals surface area contributed by atoms with Crippen molar-refractivity contribution in [3.8, 4) is 0 Å². The van der Waals surface area contributed by atoms with E-state index in [2.05, 4.69) is 18.2 Å². The van der Waals surface area contributed by atoms with E-state index in [9.17, 15) is 0 Å². The molecule has 1 aliphatic rings. The van der Waals surface area contributed by atoms with Gasteiger partial charge < -0.3 is 9.84 Å². The van der Waals surface area contributed by atoms with E-state index in [1.165, 1.54) is 5.57 Å². The van der Waals surface area contributed by atoms with Crippen LogP contribution in [0.15, 0.2) is 23.8 Å². The number of aliphatic hydroxyl groups excluding tert-OH is 1. The maximum atomic E-state index is 8.44. The van der Waals surface area contributed by atoms with Crippen molar-refractivity contribution in [2.45, 2.75) is 12.8 Å². The van der Waals surface area contributed by atoms with Crippen LogP contribution >= 0.6 is 0 Å². The van der Waals surface area contributed by atoms with Gasteiger partial charge in [-0.2, -0.15) is 0 Å². The minimum absolute atomic E-state index is 0.114. The van der Waals surface area contributed by atoms with Crippen molar-refractivity contribution in [3.05, 3.63) is 23.8 Å². The quantitative estimate of drug-likeness (QED) is 0.488. The van der Waals surface area contributed by atoms with Crippen LogP contribution in [0.4, 0.5) is 0 Å². The molecule has 0 radical (unpaired) electrons. The summed E-state index contributed by atoms with van der Waals surface area (Å²) < 4.78 is 5.17. The molecule has 0 bridgehead atoms. The highest BCUT2D eigenvalue weighted by Crippen LogP contribution is 2.10. The third-order valence-electron chi connectivity index (χ3n) is 1.61. The average Bonchev–Trinajstić information content (AvgIpc) is 2.07. The van der Waals surface area contributed by atoms with Crippen molar-refractivity contribution < 1.29 is 9.84 Å². The highest BCUT2D eigenvalue weighted by Gasteiger charge is 1.97.